The SMILES string of the molecule is Cc1ccc(C)c(C(=O)Nc2nnc(CSc3ccccc3)o2)c1. The number of amides is 1. The summed E-state index contributed by atoms with van der Waals surface area (Å²) in [5.74, 6) is 0.776. The van der Waals surface area contributed by atoms with Crippen molar-refractivity contribution in [3.05, 3.63) is 71.1 Å². The summed E-state index contributed by atoms with van der Waals surface area (Å²) in [5, 5.41) is 10.5. The van der Waals surface area contributed by atoms with Crippen molar-refractivity contribution >= 4 is 23.7 Å². The number of carbonyl (C=O) groups excluding carboxylic acids is 1. The van der Waals surface area contributed by atoms with Gasteiger partial charge in [-0.05, 0) is 37.6 Å². The van der Waals surface area contributed by atoms with Crippen molar-refractivity contribution in [3.63, 3.8) is 0 Å². The molecule has 2 aromatic carbocycles. The van der Waals surface area contributed by atoms with E-state index < -0.39 is 0 Å². The first-order valence-electron chi connectivity index (χ1n) is 7.50. The molecule has 0 saturated carbocycles. The van der Waals surface area contributed by atoms with Crippen molar-refractivity contribution in [2.24, 2.45) is 0 Å². The molecule has 5 nitrogen and oxygen atoms in total. The largest absolute Gasteiger partial charge is 0.407 e. The van der Waals surface area contributed by atoms with Crippen LogP contribution >= 0.6 is 11.8 Å². The highest BCUT2D eigenvalue weighted by molar-refractivity contribution is 7.98. The maximum absolute atomic E-state index is 12.3. The predicted octanol–water partition coefficient (Wildman–Crippen LogP) is 4.23. The molecule has 0 bridgehead atoms. The van der Waals surface area contributed by atoms with E-state index in [1.165, 1.54) is 0 Å². The van der Waals surface area contributed by atoms with Crippen molar-refractivity contribution in [2.45, 2.75) is 24.5 Å². The van der Waals surface area contributed by atoms with Crippen molar-refractivity contribution in [3.8, 4) is 0 Å². The van der Waals surface area contributed by atoms with Crippen LogP contribution in [0.2, 0.25) is 0 Å². The quantitative estimate of drug-likeness (QED) is 0.705. The minimum absolute atomic E-state index is 0.115. The van der Waals surface area contributed by atoms with Crippen LogP contribution in [0.1, 0.15) is 27.4 Å². The fraction of sp³-hybridized carbons (Fsp3) is 0.167. The van der Waals surface area contributed by atoms with E-state index in [0.717, 1.165) is 16.0 Å². The maximum Gasteiger partial charge on any atom is 0.322 e. The first-order chi connectivity index (χ1) is 11.6. The van der Waals surface area contributed by atoms with E-state index in [-0.39, 0.29) is 11.9 Å². The number of hydrogen-bond acceptors (Lipinski definition) is 5. The van der Waals surface area contributed by atoms with Gasteiger partial charge in [0.05, 0.1) is 5.75 Å². The second kappa shape index (κ2) is 7.31. The summed E-state index contributed by atoms with van der Waals surface area (Å²) in [6.07, 6.45) is 0. The van der Waals surface area contributed by atoms with Gasteiger partial charge in [-0.2, -0.15) is 0 Å². The lowest BCUT2D eigenvalue weighted by Gasteiger charge is -2.05. The summed E-state index contributed by atoms with van der Waals surface area (Å²) in [4.78, 5) is 13.5. The lowest BCUT2D eigenvalue weighted by molar-refractivity contribution is 0.102. The fourth-order valence-corrected chi connectivity index (χ4v) is 2.93. The van der Waals surface area contributed by atoms with Crippen LogP contribution in [0.5, 0.6) is 0 Å². The minimum Gasteiger partial charge on any atom is -0.407 e. The first kappa shape index (κ1) is 16.3. The van der Waals surface area contributed by atoms with Crippen LogP contribution in [0.4, 0.5) is 6.01 Å². The van der Waals surface area contributed by atoms with Gasteiger partial charge in [0.15, 0.2) is 0 Å². The number of carbonyl (C=O) groups is 1. The smallest absolute Gasteiger partial charge is 0.322 e. The monoisotopic (exact) mass is 339 g/mol. The van der Waals surface area contributed by atoms with Crippen LogP contribution < -0.4 is 5.32 Å². The van der Waals surface area contributed by atoms with Crippen LogP contribution in [0.15, 0.2) is 57.8 Å². The predicted molar refractivity (Wildman–Crippen MR) is 94.2 cm³/mol. The van der Waals surface area contributed by atoms with Gasteiger partial charge in [-0.15, -0.1) is 16.9 Å². The average molecular weight is 339 g/mol. The molecule has 0 fully saturated rings. The third-order valence-corrected chi connectivity index (χ3v) is 4.43. The Labute approximate surface area is 144 Å². The molecule has 0 spiro atoms. The van der Waals surface area contributed by atoms with Gasteiger partial charge >= 0.3 is 6.01 Å². The van der Waals surface area contributed by atoms with Crippen LogP contribution in [-0.2, 0) is 5.75 Å². The highest BCUT2D eigenvalue weighted by Crippen LogP contribution is 2.22. The van der Waals surface area contributed by atoms with E-state index in [4.69, 9.17) is 4.42 Å². The van der Waals surface area contributed by atoms with Crippen LogP contribution in [0.3, 0.4) is 0 Å². The summed E-state index contributed by atoms with van der Waals surface area (Å²) in [7, 11) is 0. The van der Waals surface area contributed by atoms with Gasteiger partial charge in [-0.1, -0.05) is 41.0 Å². The summed E-state index contributed by atoms with van der Waals surface area (Å²) in [5.41, 5.74) is 2.53. The van der Waals surface area contributed by atoms with Gasteiger partial charge in [0, 0.05) is 10.5 Å². The van der Waals surface area contributed by atoms with Crippen LogP contribution in [-0.4, -0.2) is 16.1 Å². The molecule has 0 saturated heterocycles. The zero-order chi connectivity index (χ0) is 16.9. The van der Waals surface area contributed by atoms with E-state index >= 15 is 0 Å². The zero-order valence-electron chi connectivity index (χ0n) is 13.4. The molecule has 1 amide bonds. The fourth-order valence-electron chi connectivity index (χ4n) is 2.17. The molecule has 122 valence electrons. The van der Waals surface area contributed by atoms with Gasteiger partial charge in [-0.3, -0.25) is 10.1 Å². The van der Waals surface area contributed by atoms with Crippen molar-refractivity contribution in [2.75, 3.05) is 5.32 Å². The van der Waals surface area contributed by atoms with Gasteiger partial charge in [-0.25, -0.2) is 0 Å². The Morgan fingerprint density at radius 2 is 1.92 bits per heavy atom. The molecule has 3 aromatic rings. The van der Waals surface area contributed by atoms with E-state index in [2.05, 4.69) is 15.5 Å². The Balaban J connectivity index is 1.63. The van der Waals surface area contributed by atoms with Crippen molar-refractivity contribution in [1.82, 2.24) is 10.2 Å². The lowest BCUT2D eigenvalue weighted by atomic mass is 10.1. The van der Waals surface area contributed by atoms with Gasteiger partial charge in [0.2, 0.25) is 5.89 Å². The van der Waals surface area contributed by atoms with Crippen molar-refractivity contribution < 1.29 is 9.21 Å². The normalized spacial score (nSPS) is 10.6. The molecule has 3 rings (SSSR count). The Bertz CT molecular complexity index is 846. The molecular weight excluding hydrogens is 322 g/mol. The Kier molecular flexibility index (Phi) is 4.96. The topological polar surface area (TPSA) is 68.0 Å². The molecule has 0 aliphatic carbocycles. The maximum atomic E-state index is 12.3. The number of anilines is 1. The molecule has 1 aromatic heterocycles. The molecule has 0 radical (unpaired) electrons. The van der Waals surface area contributed by atoms with Crippen LogP contribution in [0.25, 0.3) is 0 Å². The second-order valence-electron chi connectivity index (χ2n) is 5.38. The Morgan fingerprint density at radius 1 is 1.12 bits per heavy atom. The summed E-state index contributed by atoms with van der Waals surface area (Å²) >= 11 is 1.60. The van der Waals surface area contributed by atoms with Crippen molar-refractivity contribution in [1.29, 1.82) is 0 Å². The first-order valence-corrected chi connectivity index (χ1v) is 8.49. The third kappa shape index (κ3) is 4.02. The molecule has 1 heterocycles. The number of nitrogens with zero attached hydrogens (tertiary/aromatic N) is 2. The van der Waals surface area contributed by atoms with E-state index in [0.29, 0.717) is 17.2 Å². The highest BCUT2D eigenvalue weighted by atomic mass is 32.2. The number of aromatic nitrogens is 2. The van der Waals surface area contributed by atoms with Gasteiger partial charge in [0.25, 0.3) is 5.91 Å². The summed E-state index contributed by atoms with van der Waals surface area (Å²) < 4.78 is 5.49. The molecule has 0 atom stereocenters. The lowest BCUT2D eigenvalue weighted by Crippen LogP contribution is -2.13. The Morgan fingerprint density at radius 3 is 2.71 bits per heavy atom. The molecule has 6 heteroatoms. The van der Waals surface area contributed by atoms with Gasteiger partial charge in [0.1, 0.15) is 0 Å². The molecule has 0 aliphatic rings. The second-order valence-corrected chi connectivity index (χ2v) is 6.42. The van der Waals surface area contributed by atoms with Crippen LogP contribution in [0, 0.1) is 13.8 Å². The van der Waals surface area contributed by atoms with E-state index in [1.807, 2.05) is 62.4 Å². The number of hydrogen-bond donors (Lipinski definition) is 1. The molecule has 0 aliphatic heterocycles. The number of rotatable bonds is 5. The third-order valence-electron chi connectivity index (χ3n) is 3.43. The molecular formula is C18H17N3O2S. The zero-order valence-corrected chi connectivity index (χ0v) is 14.3. The molecule has 0 unspecified atom stereocenters. The average Bonchev–Trinajstić information content (AvgIpc) is 3.03. The molecule has 1 N–H and O–H groups in total. The van der Waals surface area contributed by atoms with E-state index in [1.54, 1.807) is 11.8 Å². The standard InChI is InChI=1S/C18H17N3O2S/c1-12-8-9-13(2)15(10-12)17(22)19-18-21-20-16(23-18)11-24-14-6-4-3-5-7-14/h3-10H,11H2,1-2H3,(H,19,21,22). The van der Waals surface area contributed by atoms with E-state index in [9.17, 15) is 4.79 Å². The minimum atomic E-state index is -0.248. The Hall–Kier alpha value is -2.60. The number of nitrogens with one attached hydrogen (secondary N) is 1. The number of benzene rings is 2. The summed E-state index contributed by atoms with van der Waals surface area (Å²) in [6.45, 7) is 3.84. The highest BCUT2D eigenvalue weighted by Gasteiger charge is 2.14. The number of aryl methyl sites for hydroxylation is 2. The number of thioether (sulfide) groups is 1. The molecule has 24 heavy (non-hydrogen) atoms. The van der Waals surface area contributed by atoms with Gasteiger partial charge < -0.3 is 4.42 Å². The summed E-state index contributed by atoms with van der Waals surface area (Å²) in [6, 6.07) is 15.8.